The standard InChI is InChI=1S/C23H20N4O4.C14H9BrN4O.C12H10BrN5.C9H13BO5.C8H8N2.C4H3Br2N3.C4H4BrNO2.C4H5N3.CH3B.CH4.B2.BH/c1-29-19-9-14(10-20(30-2)22(19)31-3)18-12-25-17-11-21(28)27(23(17)26-18)15-4-5-16-13(8-15)6-7-24-16;15-12-7-17-11-6-13(20)19(14(11)18-12)9-1-2-10-8(5-9)3-4-16-10;13-10-6-16-11(14)12(18-10)17-8-1-2-9-7(5-8)3-4-15-9;1-13-7-4-6(10(11)12)5-8(14-2)9(7)15-3;9-7-1-2-8-6(5-7)3-4-10-8;5-2-1-8-4(7)3(6)9-2;5-6-3(7)1-2-4(6)8;5-4-3-6-1-2-7-4;1-2;;1-2;/h4-10,12,24H,11H2,1-3H3;1-5,7,16H,6H2;1-6,15H,(H2,14,16)(H,17,18);4-5,11-12H,1-3H3;1-5,10H,9H2;1H,(H2,7,8);1-2H2;1-3H,(H2,5,7);1H3;1H4;;1H/i;;;;;;;;;;;1D. The SMILES string of the molecule is C.COc1cc(-c2cnc3c(n2)N(c2ccc4[nH]ccc4c2)C(=O)C3)cc(OC)c1OC.COc1cc(B(O)O)cc(OC)c1OC.Nc1ccc2[nH]ccc2c1.Nc1cnccn1.Nc1ncc(Br)nc1Br.Nc1ncc(Br)nc1Nc1ccc2[nH]ccc2c1.O=C1CCC(=O)N1Br.O=C1Cc2ncc(Br)nc2N1c1ccc2[nH]ccc2c1.[2H][B].[B]C.[B][B]. The molecule has 0 unspecified atom stereocenters. The summed E-state index contributed by atoms with van der Waals surface area (Å²) in [6, 6.07) is 38.0. The number of nitrogens with two attached hydrogens (primary N) is 4. The van der Waals surface area contributed by atoms with Crippen LogP contribution in [-0.4, -0.2) is 190 Å². The molecule has 3 aliphatic heterocycles. The Hall–Kier alpha value is -12.6. The Kier molecular flexibility index (Phi) is 37.3. The molecule has 18 rings (SSSR count). The molecule has 632 valence electrons. The number of imide groups is 1. The number of halogens is 5. The highest BCUT2D eigenvalue weighted by Gasteiger charge is 2.34. The van der Waals surface area contributed by atoms with Gasteiger partial charge >= 0.3 is 7.12 Å². The summed E-state index contributed by atoms with van der Waals surface area (Å²) < 4.78 is 40.2. The second-order valence-electron chi connectivity index (χ2n) is 24.8. The summed E-state index contributed by atoms with van der Waals surface area (Å²) in [5.41, 5.74) is 32.4. The minimum absolute atomic E-state index is 0. The van der Waals surface area contributed by atoms with Gasteiger partial charge in [-0.05, 0) is 192 Å². The van der Waals surface area contributed by atoms with Gasteiger partial charge in [-0.1, -0.05) is 14.2 Å². The van der Waals surface area contributed by atoms with Crippen molar-refractivity contribution in [3.63, 3.8) is 0 Å². The number of fused-ring (bicyclic) bond motifs is 6. The third kappa shape index (κ3) is 25.5. The first-order valence-electron chi connectivity index (χ1n) is 36.4. The Morgan fingerprint density at radius 3 is 1.35 bits per heavy atom. The molecule has 3 aliphatic rings. The van der Waals surface area contributed by atoms with Crippen molar-refractivity contribution in [1.82, 2.24) is 73.7 Å². The van der Waals surface area contributed by atoms with Crippen molar-refractivity contribution in [2.75, 3.05) is 80.7 Å². The molecule has 44 heteroatoms. The second-order valence-corrected chi connectivity index (χ2v) is 28.7. The number of nitrogen functional groups attached to an aromatic ring is 4. The van der Waals surface area contributed by atoms with Crippen molar-refractivity contribution < 1.29 is 57.6 Å². The van der Waals surface area contributed by atoms with E-state index in [1.165, 1.54) is 51.9 Å². The molecule has 9 aromatic heterocycles. The molecule has 0 aliphatic carbocycles. The average Bonchev–Trinajstić information content (AvgIpc) is 1.63. The van der Waals surface area contributed by atoms with E-state index in [4.69, 9.17) is 67.7 Å². The van der Waals surface area contributed by atoms with Gasteiger partial charge in [0.1, 0.15) is 24.2 Å². The first kappa shape index (κ1) is 96.9. The fourth-order valence-corrected chi connectivity index (χ4v) is 13.3. The first-order valence-corrected chi connectivity index (χ1v) is 39.7. The number of nitrogens with one attached hydrogen (secondary N) is 5. The van der Waals surface area contributed by atoms with Crippen molar-refractivity contribution in [2.45, 2.75) is 39.9 Å². The molecule has 8 radical (unpaired) electrons. The number of aromatic nitrogens is 14. The van der Waals surface area contributed by atoms with Crippen LogP contribution in [0.25, 0.3) is 54.9 Å². The number of carbonyl (C=O) groups is 4. The fourth-order valence-electron chi connectivity index (χ4n) is 11.6. The highest BCUT2D eigenvalue weighted by Crippen LogP contribution is 2.43. The number of H-pyrrole nitrogens is 4. The van der Waals surface area contributed by atoms with Crippen molar-refractivity contribution in [2.24, 2.45) is 0 Å². The van der Waals surface area contributed by atoms with Crippen molar-refractivity contribution in [1.29, 1.82) is 1.34 Å². The number of ether oxygens (including phenoxy) is 6. The van der Waals surface area contributed by atoms with Crippen molar-refractivity contribution in [3.8, 4) is 45.8 Å². The third-order valence-corrected chi connectivity index (χ3v) is 19.7. The van der Waals surface area contributed by atoms with Gasteiger partial charge in [-0.15, -0.1) is 0 Å². The van der Waals surface area contributed by atoms with Crippen LogP contribution < -0.4 is 71.9 Å². The van der Waals surface area contributed by atoms with Crippen LogP contribution in [0.3, 0.4) is 0 Å². The lowest BCUT2D eigenvalue weighted by molar-refractivity contribution is -0.131. The molecule has 1 fully saturated rings. The van der Waals surface area contributed by atoms with E-state index in [0.29, 0.717) is 124 Å². The van der Waals surface area contributed by atoms with Gasteiger partial charge in [-0.2, -0.15) is 0 Å². The van der Waals surface area contributed by atoms with Crippen molar-refractivity contribution in [3.05, 3.63) is 219 Å². The van der Waals surface area contributed by atoms with Gasteiger partial charge in [0.15, 0.2) is 52.1 Å². The number of nitrogens with zero attached hydrogens (tertiary/aromatic N) is 13. The molecule has 34 nitrogen and oxygen atoms in total. The zero-order valence-corrected chi connectivity index (χ0v) is 74.5. The smallest absolute Gasteiger partial charge is 0.488 e. The minimum atomic E-state index is -1.57. The van der Waals surface area contributed by atoms with Gasteiger partial charge in [0.05, 0.1) is 139 Å². The molecule has 0 atom stereocenters. The summed E-state index contributed by atoms with van der Waals surface area (Å²) in [6.45, 7) is 1.50. The molecular formula is C80H80B5Br5N22O12. The predicted octanol–water partition coefficient (Wildman–Crippen LogP) is 12.5. The van der Waals surface area contributed by atoms with E-state index in [2.05, 4.69) is 182 Å². The number of aromatic amines is 4. The summed E-state index contributed by atoms with van der Waals surface area (Å²) in [5.74, 6) is 5.29. The Morgan fingerprint density at radius 1 is 0.492 bits per heavy atom. The van der Waals surface area contributed by atoms with E-state index < -0.39 is 7.12 Å². The van der Waals surface area contributed by atoms with Gasteiger partial charge in [-0.3, -0.25) is 43.9 Å². The van der Waals surface area contributed by atoms with Crippen LogP contribution >= 0.6 is 79.9 Å². The molecule has 4 amide bonds. The largest absolute Gasteiger partial charge is 0.493 e. The number of carbonyl (C=O) groups excluding carboxylic acids is 4. The van der Waals surface area contributed by atoms with Gasteiger partial charge in [0.25, 0.3) is 0 Å². The lowest BCUT2D eigenvalue weighted by Gasteiger charge is -2.18. The number of rotatable bonds is 12. The molecule has 15 aromatic rings. The maximum absolute atomic E-state index is 12.8. The molecule has 15 N–H and O–H groups in total. The van der Waals surface area contributed by atoms with E-state index in [9.17, 15) is 19.2 Å². The normalized spacial score (nSPS) is 11.7. The first-order chi connectivity index (χ1) is 59.9. The highest BCUT2D eigenvalue weighted by molar-refractivity contribution is 9.11. The van der Waals surface area contributed by atoms with E-state index in [0.717, 1.165) is 70.5 Å². The summed E-state index contributed by atoms with van der Waals surface area (Å²) in [4.78, 5) is 103. The summed E-state index contributed by atoms with van der Waals surface area (Å²) in [7, 11) is 23.8. The number of anilines is 10. The Labute approximate surface area is 761 Å². The Balaban J connectivity index is 0.000000203. The predicted molar refractivity (Wildman–Crippen MR) is 505 cm³/mol. The van der Waals surface area contributed by atoms with E-state index in [1.807, 2.05) is 134 Å². The number of hydrogen-bond donors (Lipinski definition) is 11. The van der Waals surface area contributed by atoms with Gasteiger partial charge in [0.2, 0.25) is 35.1 Å². The average molecular weight is 2000 g/mol. The zero-order chi connectivity index (χ0) is 90.3. The topological polar surface area (TPSA) is 482 Å². The van der Waals surface area contributed by atoms with Crippen LogP contribution in [0.5, 0.6) is 34.5 Å². The van der Waals surface area contributed by atoms with Crippen LogP contribution in [-0.2, 0) is 32.0 Å². The lowest BCUT2D eigenvalue weighted by atomic mass is 9.80. The minimum Gasteiger partial charge on any atom is -0.493 e. The number of benzene rings is 6. The zero-order valence-electron chi connectivity index (χ0n) is 67.6. The molecule has 0 spiro atoms. The number of hydrogen-bond acceptors (Lipinski definition) is 27. The Bertz CT molecular complexity index is 6050. The van der Waals surface area contributed by atoms with Crippen LogP contribution in [0.15, 0.2) is 208 Å². The number of methoxy groups -OCH3 is 6. The van der Waals surface area contributed by atoms with Gasteiger partial charge < -0.3 is 86.7 Å². The number of amides is 4. The molecular weight excluding hydrogens is 1910 g/mol. The highest BCUT2D eigenvalue weighted by atomic mass is 79.9. The van der Waals surface area contributed by atoms with Gasteiger partial charge in [-0.25, -0.2) is 38.8 Å². The summed E-state index contributed by atoms with van der Waals surface area (Å²) in [5, 5.41) is 25.6. The van der Waals surface area contributed by atoms with E-state index >= 15 is 0 Å². The van der Waals surface area contributed by atoms with Gasteiger partial charge in [0, 0.05) is 134 Å². The molecule has 0 bridgehead atoms. The van der Waals surface area contributed by atoms with E-state index in [-0.39, 0.29) is 42.9 Å². The molecule has 12 heterocycles. The van der Waals surface area contributed by atoms with Crippen LogP contribution in [0.1, 0.15) is 31.7 Å². The maximum Gasteiger partial charge on any atom is 0.488 e. The third-order valence-electron chi connectivity index (χ3n) is 17.2. The lowest BCUT2D eigenvalue weighted by Crippen LogP contribution is -2.30. The van der Waals surface area contributed by atoms with Crippen LogP contribution in [0, 0.1) is 0 Å². The Morgan fingerprint density at radius 2 is 0.919 bits per heavy atom. The second kappa shape index (κ2) is 47.7. The fraction of sp³-hybridized carbons (Fsp3) is 0.150. The monoisotopic (exact) mass is 1990 g/mol. The summed E-state index contributed by atoms with van der Waals surface area (Å²) >= 11 is 15.6. The van der Waals surface area contributed by atoms with Crippen molar-refractivity contribution >= 4 is 249 Å². The molecule has 0 saturated carbocycles. The van der Waals surface area contributed by atoms with Crippen LogP contribution in [0.4, 0.5) is 57.7 Å². The maximum atomic E-state index is 12.8. The van der Waals surface area contributed by atoms with E-state index in [1.54, 1.807) is 68.3 Å². The quantitative estimate of drug-likeness (QED) is 0.0234. The molecule has 6 aromatic carbocycles. The summed E-state index contributed by atoms with van der Waals surface area (Å²) in [6.07, 6.45) is 19.8. The van der Waals surface area contributed by atoms with Crippen LogP contribution in [0.2, 0.25) is 6.82 Å². The molecule has 1 saturated heterocycles. The molecule has 124 heavy (non-hydrogen) atoms.